The third kappa shape index (κ3) is 2.72. The summed E-state index contributed by atoms with van der Waals surface area (Å²) < 4.78 is 0. The fourth-order valence-corrected chi connectivity index (χ4v) is 2.59. The van der Waals surface area contributed by atoms with E-state index in [4.69, 9.17) is 23.2 Å². The highest BCUT2D eigenvalue weighted by Crippen LogP contribution is 2.25. The Morgan fingerprint density at radius 1 is 1.00 bits per heavy atom. The largest absolute Gasteiger partial charge is 0.380 e. The molecule has 0 amide bonds. The number of hydrogen-bond acceptors (Lipinski definition) is 2. The average Bonchev–Trinajstić information content (AvgIpc) is 2.46. The molecule has 0 fully saturated rings. The minimum absolute atomic E-state index is 0.643. The first-order chi connectivity index (χ1) is 9.74. The van der Waals surface area contributed by atoms with E-state index in [0.29, 0.717) is 16.6 Å². The molecule has 1 N–H and O–H groups in total. The van der Waals surface area contributed by atoms with E-state index in [-0.39, 0.29) is 0 Å². The highest BCUT2D eigenvalue weighted by atomic mass is 35.5. The number of anilines is 1. The van der Waals surface area contributed by atoms with Gasteiger partial charge in [-0.3, -0.25) is 4.98 Å². The van der Waals surface area contributed by atoms with Crippen molar-refractivity contribution in [3.63, 3.8) is 0 Å². The fraction of sp³-hybridized carbons (Fsp3) is 0.0625. The van der Waals surface area contributed by atoms with Gasteiger partial charge in [0.2, 0.25) is 0 Å². The summed E-state index contributed by atoms with van der Waals surface area (Å²) in [5.74, 6) is 0. The van der Waals surface area contributed by atoms with Gasteiger partial charge in [0.25, 0.3) is 0 Å². The zero-order valence-electron chi connectivity index (χ0n) is 10.6. The molecular weight excluding hydrogens is 291 g/mol. The van der Waals surface area contributed by atoms with E-state index in [0.717, 1.165) is 22.2 Å². The van der Waals surface area contributed by atoms with Crippen molar-refractivity contribution in [3.8, 4) is 0 Å². The van der Waals surface area contributed by atoms with Crippen LogP contribution < -0.4 is 5.32 Å². The monoisotopic (exact) mass is 302 g/mol. The first-order valence-electron chi connectivity index (χ1n) is 6.25. The average molecular weight is 303 g/mol. The van der Waals surface area contributed by atoms with E-state index in [1.807, 2.05) is 42.5 Å². The van der Waals surface area contributed by atoms with Gasteiger partial charge in [0.05, 0.1) is 5.52 Å². The molecule has 0 radical (unpaired) electrons. The quantitative estimate of drug-likeness (QED) is 0.723. The van der Waals surface area contributed by atoms with Gasteiger partial charge in [-0.2, -0.15) is 0 Å². The summed E-state index contributed by atoms with van der Waals surface area (Å²) in [6.07, 6.45) is 1.79. The number of fused-ring (bicyclic) bond motifs is 1. The van der Waals surface area contributed by atoms with Crippen molar-refractivity contribution >= 4 is 39.8 Å². The van der Waals surface area contributed by atoms with Crippen LogP contribution in [0.2, 0.25) is 10.0 Å². The molecule has 0 aliphatic heterocycles. The first kappa shape index (κ1) is 13.2. The molecule has 0 aliphatic rings. The van der Waals surface area contributed by atoms with Crippen LogP contribution >= 0.6 is 23.2 Å². The van der Waals surface area contributed by atoms with Gasteiger partial charge in [0.15, 0.2) is 0 Å². The Morgan fingerprint density at radius 2 is 1.90 bits per heavy atom. The van der Waals surface area contributed by atoms with Crippen molar-refractivity contribution in [3.05, 3.63) is 70.3 Å². The molecular formula is C16H12Cl2N2. The molecule has 20 heavy (non-hydrogen) atoms. The Hall–Kier alpha value is -1.77. The third-order valence-electron chi connectivity index (χ3n) is 3.13. The standard InChI is InChI=1S/C16H12Cl2N2/c17-12-7-6-11(14(18)9-12)10-20-16-5-1-4-15-13(16)3-2-8-19-15/h1-9,20H,10H2. The second kappa shape index (κ2) is 5.70. The highest BCUT2D eigenvalue weighted by molar-refractivity contribution is 6.35. The molecule has 0 unspecified atom stereocenters. The minimum Gasteiger partial charge on any atom is -0.380 e. The molecule has 0 saturated carbocycles. The first-order valence-corrected chi connectivity index (χ1v) is 7.01. The van der Waals surface area contributed by atoms with Gasteiger partial charge in [-0.05, 0) is 42.0 Å². The second-order valence-corrected chi connectivity index (χ2v) is 5.31. The lowest BCUT2D eigenvalue weighted by molar-refractivity contribution is 1.15. The van der Waals surface area contributed by atoms with Crippen LogP contribution in [-0.2, 0) is 6.54 Å². The molecule has 0 atom stereocenters. The third-order valence-corrected chi connectivity index (χ3v) is 3.72. The van der Waals surface area contributed by atoms with E-state index in [9.17, 15) is 0 Å². The number of hydrogen-bond donors (Lipinski definition) is 1. The SMILES string of the molecule is Clc1ccc(CNc2cccc3ncccc23)c(Cl)c1. The molecule has 2 nitrogen and oxygen atoms in total. The van der Waals surface area contributed by atoms with E-state index in [1.54, 1.807) is 12.3 Å². The number of rotatable bonds is 3. The van der Waals surface area contributed by atoms with E-state index in [1.165, 1.54) is 0 Å². The molecule has 100 valence electrons. The van der Waals surface area contributed by atoms with E-state index < -0.39 is 0 Å². The summed E-state index contributed by atoms with van der Waals surface area (Å²) in [7, 11) is 0. The molecule has 1 aromatic heterocycles. The normalized spacial score (nSPS) is 10.7. The molecule has 0 aliphatic carbocycles. The van der Waals surface area contributed by atoms with Crippen LogP contribution in [0.5, 0.6) is 0 Å². The van der Waals surface area contributed by atoms with E-state index in [2.05, 4.69) is 10.3 Å². The number of aromatic nitrogens is 1. The van der Waals surface area contributed by atoms with Crippen molar-refractivity contribution < 1.29 is 0 Å². The Labute approximate surface area is 127 Å². The summed E-state index contributed by atoms with van der Waals surface area (Å²) >= 11 is 12.1. The molecule has 2 aromatic carbocycles. The Balaban J connectivity index is 1.87. The van der Waals surface area contributed by atoms with Crippen molar-refractivity contribution in [2.75, 3.05) is 5.32 Å². The van der Waals surface area contributed by atoms with Crippen LogP contribution in [-0.4, -0.2) is 4.98 Å². The lowest BCUT2D eigenvalue weighted by Gasteiger charge is -2.10. The molecule has 4 heteroatoms. The lowest BCUT2D eigenvalue weighted by Crippen LogP contribution is -2.00. The van der Waals surface area contributed by atoms with Crippen molar-refractivity contribution in [1.29, 1.82) is 0 Å². The smallest absolute Gasteiger partial charge is 0.0722 e. The maximum atomic E-state index is 6.18. The van der Waals surface area contributed by atoms with Gasteiger partial charge < -0.3 is 5.32 Å². The van der Waals surface area contributed by atoms with Crippen molar-refractivity contribution in [2.45, 2.75) is 6.54 Å². The van der Waals surface area contributed by atoms with Crippen LogP contribution in [0.1, 0.15) is 5.56 Å². The van der Waals surface area contributed by atoms with Gasteiger partial charge in [0, 0.05) is 33.9 Å². The van der Waals surface area contributed by atoms with Gasteiger partial charge in [-0.15, -0.1) is 0 Å². The highest BCUT2D eigenvalue weighted by Gasteiger charge is 2.04. The molecule has 1 heterocycles. The molecule has 0 bridgehead atoms. The molecule has 3 rings (SSSR count). The lowest BCUT2D eigenvalue weighted by atomic mass is 10.1. The van der Waals surface area contributed by atoms with Crippen LogP contribution in [0.25, 0.3) is 10.9 Å². The predicted octanol–water partition coefficient (Wildman–Crippen LogP) is 5.15. The van der Waals surface area contributed by atoms with E-state index >= 15 is 0 Å². The number of nitrogens with zero attached hydrogens (tertiary/aromatic N) is 1. The van der Waals surface area contributed by atoms with Crippen LogP contribution in [0.4, 0.5) is 5.69 Å². The molecule has 0 spiro atoms. The van der Waals surface area contributed by atoms with Crippen molar-refractivity contribution in [2.24, 2.45) is 0 Å². The van der Waals surface area contributed by atoms with Gasteiger partial charge in [0.1, 0.15) is 0 Å². The summed E-state index contributed by atoms with van der Waals surface area (Å²) in [6, 6.07) is 15.5. The zero-order chi connectivity index (χ0) is 13.9. The zero-order valence-corrected chi connectivity index (χ0v) is 12.1. The maximum absolute atomic E-state index is 6.18. The Morgan fingerprint density at radius 3 is 2.75 bits per heavy atom. The van der Waals surface area contributed by atoms with Crippen LogP contribution in [0.3, 0.4) is 0 Å². The summed E-state index contributed by atoms with van der Waals surface area (Å²) in [4.78, 5) is 4.34. The number of nitrogens with one attached hydrogen (secondary N) is 1. The van der Waals surface area contributed by atoms with Gasteiger partial charge >= 0.3 is 0 Å². The van der Waals surface area contributed by atoms with Gasteiger partial charge in [-0.25, -0.2) is 0 Å². The number of benzene rings is 2. The predicted molar refractivity (Wildman–Crippen MR) is 85.5 cm³/mol. The van der Waals surface area contributed by atoms with Crippen LogP contribution in [0.15, 0.2) is 54.7 Å². The Kier molecular flexibility index (Phi) is 3.77. The summed E-state index contributed by atoms with van der Waals surface area (Å²) in [5, 5.41) is 5.81. The maximum Gasteiger partial charge on any atom is 0.0722 e. The van der Waals surface area contributed by atoms with Crippen molar-refractivity contribution in [1.82, 2.24) is 4.98 Å². The summed E-state index contributed by atoms with van der Waals surface area (Å²) in [5.41, 5.74) is 3.03. The number of halogens is 2. The fourth-order valence-electron chi connectivity index (χ4n) is 2.11. The molecule has 0 saturated heterocycles. The van der Waals surface area contributed by atoms with Gasteiger partial charge in [-0.1, -0.05) is 35.3 Å². The van der Waals surface area contributed by atoms with Crippen LogP contribution in [0, 0.1) is 0 Å². The minimum atomic E-state index is 0.643. The number of pyridine rings is 1. The Bertz CT molecular complexity index is 751. The molecule has 3 aromatic rings. The summed E-state index contributed by atoms with van der Waals surface area (Å²) in [6.45, 7) is 0.643. The second-order valence-electron chi connectivity index (χ2n) is 4.46. The topological polar surface area (TPSA) is 24.9 Å².